The molecule has 37 heavy (non-hydrogen) atoms. The van der Waals surface area contributed by atoms with Crippen molar-refractivity contribution in [2.45, 2.75) is 62.5 Å². The third-order valence-electron chi connectivity index (χ3n) is 7.43. The van der Waals surface area contributed by atoms with Crippen LogP contribution in [0.5, 0.6) is 5.75 Å². The highest BCUT2D eigenvalue weighted by atomic mass is 32.2. The van der Waals surface area contributed by atoms with Gasteiger partial charge in [0, 0.05) is 31.9 Å². The van der Waals surface area contributed by atoms with Crippen molar-refractivity contribution in [2.75, 3.05) is 40.0 Å². The van der Waals surface area contributed by atoms with Crippen molar-refractivity contribution in [1.82, 2.24) is 14.2 Å². The number of carbonyl (C=O) groups is 1. The predicted octanol–water partition coefficient (Wildman–Crippen LogP) is 2.78. The summed E-state index contributed by atoms with van der Waals surface area (Å²) in [5.41, 5.74) is 0.883. The molecule has 0 aliphatic carbocycles. The SMILES string of the molecule is COc1cc(C)c(S(=O)(=O)N2CCCCC2COCC(=O)N2CCC(O)(c3ccccn3)CC2)c(C)c1. The van der Waals surface area contributed by atoms with Crippen molar-refractivity contribution in [1.29, 1.82) is 0 Å². The maximum absolute atomic E-state index is 13.7. The van der Waals surface area contributed by atoms with Gasteiger partial charge in [-0.05, 0) is 74.9 Å². The highest BCUT2D eigenvalue weighted by Gasteiger charge is 2.38. The fourth-order valence-corrected chi connectivity index (χ4v) is 7.50. The molecule has 1 unspecified atom stereocenters. The van der Waals surface area contributed by atoms with Crippen LogP contribution in [0.15, 0.2) is 41.4 Å². The van der Waals surface area contributed by atoms with E-state index in [-0.39, 0.29) is 25.2 Å². The molecule has 4 rings (SSSR count). The molecule has 1 amide bonds. The van der Waals surface area contributed by atoms with E-state index < -0.39 is 15.6 Å². The van der Waals surface area contributed by atoms with Crippen LogP contribution in [0, 0.1) is 13.8 Å². The van der Waals surface area contributed by atoms with Crippen LogP contribution < -0.4 is 4.74 Å². The summed E-state index contributed by atoms with van der Waals surface area (Å²) in [6.45, 7) is 4.85. The Bertz CT molecular complexity index is 1170. The molecule has 202 valence electrons. The van der Waals surface area contributed by atoms with E-state index in [4.69, 9.17) is 9.47 Å². The molecule has 1 aromatic heterocycles. The standard InChI is InChI=1S/C27H37N3O6S/c1-20-16-23(35-3)17-21(2)26(20)37(33,34)30-13-7-5-8-22(30)18-36-19-25(31)29-14-10-27(32,11-15-29)24-9-4-6-12-28-24/h4,6,9,12,16-17,22,32H,5,7-8,10-11,13-15,18-19H2,1-3H3. The van der Waals surface area contributed by atoms with Crippen molar-refractivity contribution in [3.63, 3.8) is 0 Å². The van der Waals surface area contributed by atoms with Gasteiger partial charge in [-0.1, -0.05) is 12.5 Å². The second kappa shape index (κ2) is 11.5. The zero-order valence-electron chi connectivity index (χ0n) is 21.9. The van der Waals surface area contributed by atoms with Crippen LogP contribution in [0.4, 0.5) is 0 Å². The van der Waals surface area contributed by atoms with Gasteiger partial charge < -0.3 is 19.5 Å². The lowest BCUT2D eigenvalue weighted by Crippen LogP contribution is -2.48. The smallest absolute Gasteiger partial charge is 0.248 e. The summed E-state index contributed by atoms with van der Waals surface area (Å²) in [4.78, 5) is 19.1. The van der Waals surface area contributed by atoms with Crippen LogP contribution in [0.1, 0.15) is 48.9 Å². The summed E-state index contributed by atoms with van der Waals surface area (Å²) in [5.74, 6) is 0.470. The molecule has 10 heteroatoms. The highest BCUT2D eigenvalue weighted by Crippen LogP contribution is 2.33. The lowest BCUT2D eigenvalue weighted by atomic mass is 9.88. The minimum Gasteiger partial charge on any atom is -0.497 e. The molecule has 2 saturated heterocycles. The molecule has 2 fully saturated rings. The molecular weight excluding hydrogens is 494 g/mol. The number of rotatable bonds is 8. The minimum absolute atomic E-state index is 0.118. The van der Waals surface area contributed by atoms with E-state index >= 15 is 0 Å². The van der Waals surface area contributed by atoms with E-state index in [1.54, 1.807) is 56.3 Å². The molecule has 2 aliphatic heterocycles. The molecule has 2 aliphatic rings. The monoisotopic (exact) mass is 531 g/mol. The van der Waals surface area contributed by atoms with Crippen LogP contribution in [0.3, 0.4) is 0 Å². The van der Waals surface area contributed by atoms with Gasteiger partial charge in [-0.15, -0.1) is 0 Å². The van der Waals surface area contributed by atoms with Crippen LogP contribution >= 0.6 is 0 Å². The number of benzene rings is 1. The molecule has 2 aromatic rings. The number of likely N-dealkylation sites (tertiary alicyclic amines) is 1. The van der Waals surface area contributed by atoms with E-state index in [0.29, 0.717) is 66.4 Å². The number of aryl methyl sites for hydroxylation is 2. The Morgan fingerprint density at radius 3 is 2.46 bits per heavy atom. The van der Waals surface area contributed by atoms with Crippen LogP contribution in [0.25, 0.3) is 0 Å². The number of methoxy groups -OCH3 is 1. The summed E-state index contributed by atoms with van der Waals surface area (Å²) in [7, 11) is -2.18. The van der Waals surface area contributed by atoms with E-state index in [1.807, 2.05) is 6.07 Å². The Morgan fingerprint density at radius 2 is 1.84 bits per heavy atom. The zero-order valence-corrected chi connectivity index (χ0v) is 22.7. The maximum Gasteiger partial charge on any atom is 0.248 e. The summed E-state index contributed by atoms with van der Waals surface area (Å²) < 4.78 is 40.0. The number of pyridine rings is 1. The Hall–Kier alpha value is -2.53. The summed E-state index contributed by atoms with van der Waals surface area (Å²) >= 11 is 0. The van der Waals surface area contributed by atoms with Crippen molar-refractivity contribution < 1.29 is 27.8 Å². The van der Waals surface area contributed by atoms with Crippen molar-refractivity contribution in [2.24, 2.45) is 0 Å². The molecular formula is C27H37N3O6S. The van der Waals surface area contributed by atoms with Gasteiger partial charge in [0.15, 0.2) is 0 Å². The minimum atomic E-state index is -3.74. The first-order valence-corrected chi connectivity index (χ1v) is 14.3. The van der Waals surface area contributed by atoms with E-state index in [0.717, 1.165) is 12.8 Å². The first kappa shape index (κ1) is 27.5. The van der Waals surface area contributed by atoms with E-state index in [1.165, 1.54) is 4.31 Å². The maximum atomic E-state index is 13.7. The summed E-state index contributed by atoms with van der Waals surface area (Å²) in [6, 6.07) is 8.60. The van der Waals surface area contributed by atoms with Gasteiger partial charge in [0.2, 0.25) is 15.9 Å². The van der Waals surface area contributed by atoms with Gasteiger partial charge in [-0.2, -0.15) is 4.31 Å². The van der Waals surface area contributed by atoms with Crippen LogP contribution in [-0.4, -0.2) is 79.6 Å². The average molecular weight is 532 g/mol. The Labute approximate surface area is 219 Å². The number of piperidine rings is 2. The predicted molar refractivity (Wildman–Crippen MR) is 139 cm³/mol. The van der Waals surface area contributed by atoms with Gasteiger partial charge in [0.1, 0.15) is 18.0 Å². The number of ether oxygens (including phenoxy) is 2. The second-order valence-electron chi connectivity index (χ2n) is 10.00. The fraction of sp³-hybridized carbons (Fsp3) is 0.556. The quantitative estimate of drug-likeness (QED) is 0.558. The molecule has 9 nitrogen and oxygen atoms in total. The highest BCUT2D eigenvalue weighted by molar-refractivity contribution is 7.89. The lowest BCUT2D eigenvalue weighted by Gasteiger charge is -2.38. The number of amides is 1. The van der Waals surface area contributed by atoms with Crippen molar-refractivity contribution >= 4 is 15.9 Å². The topological polar surface area (TPSA) is 109 Å². The first-order valence-electron chi connectivity index (χ1n) is 12.8. The van der Waals surface area contributed by atoms with Gasteiger partial charge in [0.05, 0.1) is 24.3 Å². The third-order valence-corrected chi connectivity index (χ3v) is 9.69. The number of hydrogen-bond donors (Lipinski definition) is 1. The molecule has 1 aromatic carbocycles. The molecule has 0 saturated carbocycles. The van der Waals surface area contributed by atoms with E-state index in [9.17, 15) is 18.3 Å². The van der Waals surface area contributed by atoms with Gasteiger partial charge in [-0.25, -0.2) is 8.42 Å². The molecule has 0 bridgehead atoms. The van der Waals surface area contributed by atoms with Gasteiger partial charge >= 0.3 is 0 Å². The average Bonchev–Trinajstić information content (AvgIpc) is 2.89. The van der Waals surface area contributed by atoms with Crippen molar-refractivity contribution in [3.05, 3.63) is 53.3 Å². The molecule has 1 atom stereocenters. The normalized spacial score (nSPS) is 20.5. The first-order chi connectivity index (χ1) is 17.7. The third kappa shape index (κ3) is 5.98. The van der Waals surface area contributed by atoms with Gasteiger partial charge in [-0.3, -0.25) is 9.78 Å². The molecule has 3 heterocycles. The van der Waals surface area contributed by atoms with Crippen molar-refractivity contribution in [3.8, 4) is 5.75 Å². The number of hydrogen-bond acceptors (Lipinski definition) is 7. The number of sulfonamides is 1. The van der Waals surface area contributed by atoms with Gasteiger partial charge in [0.25, 0.3) is 0 Å². The second-order valence-corrected chi connectivity index (χ2v) is 11.8. The summed E-state index contributed by atoms with van der Waals surface area (Å²) in [6.07, 6.45) is 4.85. The Morgan fingerprint density at radius 1 is 1.14 bits per heavy atom. The largest absolute Gasteiger partial charge is 0.497 e. The molecule has 0 spiro atoms. The Balaban J connectivity index is 1.35. The zero-order chi connectivity index (χ0) is 26.6. The summed E-state index contributed by atoms with van der Waals surface area (Å²) in [5, 5.41) is 11.0. The van der Waals surface area contributed by atoms with Crippen LogP contribution in [0.2, 0.25) is 0 Å². The number of carbonyl (C=O) groups excluding carboxylic acids is 1. The number of aliphatic hydroxyl groups is 1. The van der Waals surface area contributed by atoms with E-state index in [2.05, 4.69) is 4.98 Å². The fourth-order valence-electron chi connectivity index (χ4n) is 5.40. The number of nitrogens with zero attached hydrogens (tertiary/aromatic N) is 3. The van der Waals surface area contributed by atoms with Crippen LogP contribution in [-0.2, 0) is 25.2 Å². The Kier molecular flexibility index (Phi) is 8.52. The molecule has 1 N–H and O–H groups in total. The lowest BCUT2D eigenvalue weighted by molar-refractivity contribution is -0.141. The number of aromatic nitrogens is 1. The molecule has 0 radical (unpaired) electrons.